The predicted octanol–water partition coefficient (Wildman–Crippen LogP) is 3.29. The van der Waals surface area contributed by atoms with E-state index in [0.717, 1.165) is 23.1 Å². The van der Waals surface area contributed by atoms with Crippen LogP contribution in [-0.4, -0.2) is 12.2 Å². The van der Waals surface area contributed by atoms with Crippen LogP contribution in [0.15, 0.2) is 57.7 Å². The molecule has 2 aromatic carbocycles. The molecule has 0 bridgehead atoms. The Balaban J connectivity index is 1.82. The molecule has 3 rings (SSSR count). The zero-order chi connectivity index (χ0) is 15.5. The van der Waals surface area contributed by atoms with Crippen molar-refractivity contribution < 1.29 is 14.3 Å². The maximum absolute atomic E-state index is 12.0. The third-order valence-corrected chi connectivity index (χ3v) is 3.63. The summed E-state index contributed by atoms with van der Waals surface area (Å²) < 4.78 is 10.4. The van der Waals surface area contributed by atoms with Crippen LogP contribution >= 0.6 is 0 Å². The first-order valence-corrected chi connectivity index (χ1v) is 7.04. The second-order valence-corrected chi connectivity index (χ2v) is 5.13. The molecule has 0 atom stereocenters. The van der Waals surface area contributed by atoms with E-state index in [1.54, 1.807) is 19.2 Å². The number of aromatic hydroxyl groups is 1. The van der Waals surface area contributed by atoms with Crippen molar-refractivity contribution in [3.63, 3.8) is 0 Å². The second-order valence-electron chi connectivity index (χ2n) is 5.13. The summed E-state index contributed by atoms with van der Waals surface area (Å²) in [5.74, 6) is 0.899. The maximum atomic E-state index is 12.0. The molecule has 0 aliphatic rings. The van der Waals surface area contributed by atoms with E-state index in [1.807, 2.05) is 30.3 Å². The molecule has 0 spiro atoms. The molecule has 0 aliphatic heterocycles. The maximum Gasteiger partial charge on any atom is 0.339 e. The molecule has 112 valence electrons. The lowest BCUT2D eigenvalue weighted by atomic mass is 10.0. The highest BCUT2D eigenvalue weighted by Gasteiger charge is 2.06. The molecular formula is C18H16O4. The molecule has 0 fully saturated rings. The van der Waals surface area contributed by atoms with Crippen molar-refractivity contribution in [3.05, 3.63) is 70.1 Å². The first kappa shape index (κ1) is 14.2. The van der Waals surface area contributed by atoms with Crippen molar-refractivity contribution >= 4 is 11.0 Å². The Morgan fingerprint density at radius 2 is 1.82 bits per heavy atom. The Hall–Kier alpha value is -2.75. The Morgan fingerprint density at radius 1 is 1.05 bits per heavy atom. The second kappa shape index (κ2) is 5.93. The number of hydrogen-bond acceptors (Lipinski definition) is 4. The Morgan fingerprint density at radius 3 is 2.55 bits per heavy atom. The number of phenolic OH excluding ortho intramolecular Hbond substituents is 1. The lowest BCUT2D eigenvalue weighted by Gasteiger charge is -2.04. The highest BCUT2D eigenvalue weighted by Crippen LogP contribution is 2.20. The van der Waals surface area contributed by atoms with Gasteiger partial charge in [0.15, 0.2) is 0 Å². The molecule has 0 unspecified atom stereocenters. The van der Waals surface area contributed by atoms with Gasteiger partial charge in [-0.1, -0.05) is 12.1 Å². The van der Waals surface area contributed by atoms with E-state index in [-0.39, 0.29) is 11.4 Å². The van der Waals surface area contributed by atoms with Gasteiger partial charge in [0.2, 0.25) is 0 Å². The number of fused-ring (bicyclic) bond motifs is 1. The number of hydrogen-bond donors (Lipinski definition) is 1. The van der Waals surface area contributed by atoms with Crippen LogP contribution in [0.5, 0.6) is 11.5 Å². The van der Waals surface area contributed by atoms with Crippen molar-refractivity contribution in [1.29, 1.82) is 0 Å². The van der Waals surface area contributed by atoms with E-state index in [4.69, 9.17) is 9.15 Å². The minimum absolute atomic E-state index is 0.0848. The minimum atomic E-state index is -0.355. The molecular weight excluding hydrogens is 280 g/mol. The number of ether oxygens (including phenoxy) is 1. The van der Waals surface area contributed by atoms with Crippen LogP contribution in [0.3, 0.4) is 0 Å². The molecule has 1 aromatic heterocycles. The predicted molar refractivity (Wildman–Crippen MR) is 84.6 cm³/mol. The summed E-state index contributed by atoms with van der Waals surface area (Å²) >= 11 is 0. The standard InChI is InChI=1S/C18H16O4/c1-21-16-8-3-12(4-9-16)2-5-14-10-13-6-7-15(19)11-17(13)22-18(14)20/h3-4,6-11,19H,2,5H2,1H3. The van der Waals surface area contributed by atoms with E-state index in [1.165, 1.54) is 6.07 Å². The molecule has 4 nitrogen and oxygen atoms in total. The fraction of sp³-hybridized carbons (Fsp3) is 0.167. The van der Waals surface area contributed by atoms with Crippen molar-refractivity contribution in [2.24, 2.45) is 0 Å². The largest absolute Gasteiger partial charge is 0.508 e. The number of methoxy groups -OCH3 is 1. The molecule has 4 heteroatoms. The number of phenols is 1. The molecule has 0 saturated heterocycles. The molecule has 0 amide bonds. The van der Waals surface area contributed by atoms with Crippen LogP contribution in [0.25, 0.3) is 11.0 Å². The average Bonchev–Trinajstić information content (AvgIpc) is 2.53. The van der Waals surface area contributed by atoms with Gasteiger partial charge in [-0.2, -0.15) is 0 Å². The summed E-state index contributed by atoms with van der Waals surface area (Å²) in [6.45, 7) is 0. The third-order valence-electron chi connectivity index (χ3n) is 3.63. The van der Waals surface area contributed by atoms with Gasteiger partial charge in [-0.25, -0.2) is 4.79 Å². The quantitative estimate of drug-likeness (QED) is 0.750. The molecule has 0 saturated carbocycles. The van der Waals surface area contributed by atoms with E-state index < -0.39 is 0 Å². The van der Waals surface area contributed by atoms with Gasteiger partial charge in [0.25, 0.3) is 0 Å². The molecule has 1 N–H and O–H groups in total. The molecule has 3 aromatic rings. The van der Waals surface area contributed by atoms with Crippen LogP contribution < -0.4 is 10.4 Å². The fourth-order valence-electron chi connectivity index (χ4n) is 2.39. The minimum Gasteiger partial charge on any atom is -0.508 e. The van der Waals surface area contributed by atoms with Crippen molar-refractivity contribution in [3.8, 4) is 11.5 Å². The lowest BCUT2D eigenvalue weighted by Crippen LogP contribution is -2.08. The summed E-state index contributed by atoms with van der Waals surface area (Å²) in [7, 11) is 1.63. The monoisotopic (exact) mass is 296 g/mol. The van der Waals surface area contributed by atoms with Crippen molar-refractivity contribution in [2.45, 2.75) is 12.8 Å². The summed E-state index contributed by atoms with van der Waals surface area (Å²) in [6, 6.07) is 14.4. The van der Waals surface area contributed by atoms with Gasteiger partial charge in [-0.05, 0) is 48.7 Å². The number of rotatable bonds is 4. The molecule has 0 aliphatic carbocycles. The van der Waals surface area contributed by atoms with Crippen LogP contribution in [-0.2, 0) is 12.8 Å². The average molecular weight is 296 g/mol. The highest BCUT2D eigenvalue weighted by molar-refractivity contribution is 5.78. The fourth-order valence-corrected chi connectivity index (χ4v) is 2.39. The summed E-state index contributed by atoms with van der Waals surface area (Å²) in [5.41, 5.74) is 1.81. The lowest BCUT2D eigenvalue weighted by molar-refractivity contribution is 0.414. The van der Waals surface area contributed by atoms with E-state index in [9.17, 15) is 9.90 Å². The van der Waals surface area contributed by atoms with Gasteiger partial charge >= 0.3 is 5.63 Å². The first-order valence-electron chi connectivity index (χ1n) is 7.04. The van der Waals surface area contributed by atoms with Crippen molar-refractivity contribution in [1.82, 2.24) is 0 Å². The van der Waals surface area contributed by atoms with Crippen LogP contribution in [0.2, 0.25) is 0 Å². The molecule has 0 radical (unpaired) electrons. The zero-order valence-corrected chi connectivity index (χ0v) is 12.2. The van der Waals surface area contributed by atoms with Gasteiger partial charge in [-0.15, -0.1) is 0 Å². The van der Waals surface area contributed by atoms with Gasteiger partial charge in [-0.3, -0.25) is 0 Å². The number of aryl methyl sites for hydroxylation is 2. The summed E-state index contributed by atoms with van der Waals surface area (Å²) in [4.78, 5) is 12.0. The van der Waals surface area contributed by atoms with Crippen LogP contribution in [0.1, 0.15) is 11.1 Å². The smallest absolute Gasteiger partial charge is 0.339 e. The Labute approximate surface area is 127 Å². The summed E-state index contributed by atoms with van der Waals surface area (Å²) in [5, 5.41) is 10.2. The first-order chi connectivity index (χ1) is 10.7. The van der Waals surface area contributed by atoms with Gasteiger partial charge in [0.1, 0.15) is 17.1 Å². The molecule has 1 heterocycles. The number of benzene rings is 2. The Kier molecular flexibility index (Phi) is 3.83. The van der Waals surface area contributed by atoms with Crippen LogP contribution in [0.4, 0.5) is 0 Å². The van der Waals surface area contributed by atoms with Gasteiger partial charge in [0, 0.05) is 17.0 Å². The van der Waals surface area contributed by atoms with Gasteiger partial charge in [0.05, 0.1) is 7.11 Å². The normalized spacial score (nSPS) is 10.8. The van der Waals surface area contributed by atoms with E-state index in [0.29, 0.717) is 17.6 Å². The van der Waals surface area contributed by atoms with E-state index >= 15 is 0 Å². The molecule has 22 heavy (non-hydrogen) atoms. The van der Waals surface area contributed by atoms with Crippen molar-refractivity contribution in [2.75, 3.05) is 7.11 Å². The van der Waals surface area contributed by atoms with E-state index in [2.05, 4.69) is 0 Å². The SMILES string of the molecule is COc1ccc(CCc2cc3ccc(O)cc3oc2=O)cc1. The topological polar surface area (TPSA) is 59.7 Å². The summed E-state index contributed by atoms with van der Waals surface area (Å²) in [6.07, 6.45) is 1.35. The highest BCUT2D eigenvalue weighted by atomic mass is 16.5. The Bertz CT molecular complexity index is 847. The van der Waals surface area contributed by atoms with Gasteiger partial charge < -0.3 is 14.3 Å². The zero-order valence-electron chi connectivity index (χ0n) is 12.2. The third kappa shape index (κ3) is 2.96. The van der Waals surface area contributed by atoms with Crippen LogP contribution in [0, 0.1) is 0 Å².